The average Bonchev–Trinajstić information content (AvgIpc) is 3.11. The Morgan fingerprint density at radius 2 is 1.61 bits per heavy atom. The third-order valence-corrected chi connectivity index (χ3v) is 7.30. The number of hydrogen-bond acceptors (Lipinski definition) is 4. The topological polar surface area (TPSA) is 75.7 Å². The molecular formula is C21H32N2O4S. The molecule has 2 aliphatic rings. The van der Waals surface area contributed by atoms with Crippen LogP contribution in [0.15, 0.2) is 23.1 Å². The number of methoxy groups -OCH3 is 1. The molecule has 0 radical (unpaired) electrons. The second kappa shape index (κ2) is 9.74. The third-order valence-electron chi connectivity index (χ3n) is 5.78. The molecule has 1 saturated carbocycles. The van der Waals surface area contributed by atoms with Crippen LogP contribution in [-0.4, -0.2) is 45.5 Å². The minimum atomic E-state index is -3.67. The van der Waals surface area contributed by atoms with Crippen molar-refractivity contribution >= 4 is 15.9 Å². The summed E-state index contributed by atoms with van der Waals surface area (Å²) in [7, 11) is -2.16. The Bertz CT molecular complexity index is 763. The van der Waals surface area contributed by atoms with Gasteiger partial charge in [-0.2, -0.15) is 0 Å². The minimum absolute atomic E-state index is 0.0284. The Kier molecular flexibility index (Phi) is 7.35. The first-order valence-corrected chi connectivity index (χ1v) is 12.0. The second-order valence-corrected chi connectivity index (χ2v) is 9.59. The second-order valence-electron chi connectivity index (χ2n) is 7.88. The zero-order valence-corrected chi connectivity index (χ0v) is 17.6. The van der Waals surface area contributed by atoms with Crippen LogP contribution in [0.5, 0.6) is 5.75 Å². The van der Waals surface area contributed by atoms with Gasteiger partial charge in [-0.15, -0.1) is 0 Å². The zero-order valence-electron chi connectivity index (χ0n) is 16.8. The maximum atomic E-state index is 13.1. The normalized spacial score (nSPS) is 19.7. The quantitative estimate of drug-likeness (QED) is 0.754. The summed E-state index contributed by atoms with van der Waals surface area (Å²) in [5.74, 6) is 0.271. The number of benzene rings is 1. The van der Waals surface area contributed by atoms with Crippen molar-refractivity contribution in [2.75, 3.05) is 20.2 Å². The summed E-state index contributed by atoms with van der Waals surface area (Å²) in [4.78, 5) is 15.0. The van der Waals surface area contributed by atoms with Crippen LogP contribution in [0.25, 0.3) is 0 Å². The fourth-order valence-corrected chi connectivity index (χ4v) is 5.48. The van der Waals surface area contributed by atoms with Crippen molar-refractivity contribution in [2.45, 2.75) is 75.1 Å². The first kappa shape index (κ1) is 21.1. The molecule has 1 heterocycles. The molecule has 6 nitrogen and oxygen atoms in total. The number of nitrogens with zero attached hydrogens (tertiary/aromatic N) is 1. The fourth-order valence-electron chi connectivity index (χ4n) is 4.15. The van der Waals surface area contributed by atoms with Crippen LogP contribution in [0.4, 0.5) is 0 Å². The molecule has 0 aromatic heterocycles. The predicted octanol–water partition coefficient (Wildman–Crippen LogP) is 3.71. The van der Waals surface area contributed by atoms with Crippen LogP contribution in [0.3, 0.4) is 0 Å². The van der Waals surface area contributed by atoms with Crippen LogP contribution in [0.1, 0.15) is 74.6 Å². The number of carbonyl (C=O) groups excluding carboxylic acids is 1. The Morgan fingerprint density at radius 3 is 2.21 bits per heavy atom. The van der Waals surface area contributed by atoms with E-state index >= 15 is 0 Å². The number of carbonyl (C=O) groups is 1. The lowest BCUT2D eigenvalue weighted by molar-refractivity contribution is 0.0758. The molecule has 1 aliphatic heterocycles. The molecule has 1 aromatic carbocycles. The van der Waals surface area contributed by atoms with E-state index in [2.05, 4.69) is 4.72 Å². The number of likely N-dealkylation sites (tertiary alicyclic amines) is 1. The SMILES string of the molecule is COc1ccc(S(=O)(=O)NC2CCCCCC2)cc1C(=O)N1CCCCCC1. The summed E-state index contributed by atoms with van der Waals surface area (Å²) in [6.07, 6.45) is 10.4. The molecule has 1 aromatic rings. The lowest BCUT2D eigenvalue weighted by atomic mass is 10.1. The van der Waals surface area contributed by atoms with E-state index in [1.807, 2.05) is 4.90 Å². The van der Waals surface area contributed by atoms with Gasteiger partial charge >= 0.3 is 0 Å². The van der Waals surface area contributed by atoms with E-state index in [9.17, 15) is 13.2 Å². The largest absolute Gasteiger partial charge is 0.496 e. The maximum absolute atomic E-state index is 13.1. The first-order valence-electron chi connectivity index (χ1n) is 10.5. The number of ether oxygens (including phenoxy) is 1. The Morgan fingerprint density at radius 1 is 1.00 bits per heavy atom. The molecule has 1 aliphatic carbocycles. The van der Waals surface area contributed by atoms with Crippen molar-refractivity contribution in [1.82, 2.24) is 9.62 Å². The lowest BCUT2D eigenvalue weighted by Crippen LogP contribution is -2.35. The van der Waals surface area contributed by atoms with Crippen molar-refractivity contribution in [2.24, 2.45) is 0 Å². The molecule has 0 spiro atoms. The maximum Gasteiger partial charge on any atom is 0.257 e. The molecular weight excluding hydrogens is 376 g/mol. The molecule has 1 amide bonds. The molecule has 0 bridgehead atoms. The molecule has 1 saturated heterocycles. The highest BCUT2D eigenvalue weighted by molar-refractivity contribution is 7.89. The molecule has 2 fully saturated rings. The first-order chi connectivity index (χ1) is 13.5. The van der Waals surface area contributed by atoms with Gasteiger partial charge in [0.1, 0.15) is 5.75 Å². The molecule has 0 unspecified atom stereocenters. The van der Waals surface area contributed by atoms with E-state index < -0.39 is 10.0 Å². The Hall–Kier alpha value is -1.60. The summed E-state index contributed by atoms with van der Waals surface area (Å²) in [5.41, 5.74) is 0.327. The smallest absolute Gasteiger partial charge is 0.257 e. The van der Waals surface area contributed by atoms with E-state index in [0.717, 1.165) is 64.2 Å². The predicted molar refractivity (Wildman–Crippen MR) is 109 cm³/mol. The Labute approximate surface area is 168 Å². The van der Waals surface area contributed by atoms with Gasteiger partial charge in [0.25, 0.3) is 5.91 Å². The molecule has 28 heavy (non-hydrogen) atoms. The van der Waals surface area contributed by atoms with Gasteiger partial charge in [0.15, 0.2) is 0 Å². The summed E-state index contributed by atoms with van der Waals surface area (Å²) < 4.78 is 34.1. The van der Waals surface area contributed by atoms with Gasteiger partial charge in [0, 0.05) is 19.1 Å². The summed E-state index contributed by atoms with van der Waals surface area (Å²) in [6.45, 7) is 1.42. The van der Waals surface area contributed by atoms with Gasteiger partial charge in [-0.1, -0.05) is 38.5 Å². The van der Waals surface area contributed by atoms with Crippen molar-refractivity contribution in [1.29, 1.82) is 0 Å². The molecule has 3 rings (SSSR count). The van der Waals surface area contributed by atoms with Crippen molar-refractivity contribution in [3.63, 3.8) is 0 Å². The lowest BCUT2D eigenvalue weighted by Gasteiger charge is -2.22. The highest BCUT2D eigenvalue weighted by Crippen LogP contribution is 2.26. The summed E-state index contributed by atoms with van der Waals surface area (Å²) in [6, 6.07) is 4.56. The van der Waals surface area contributed by atoms with Crippen LogP contribution >= 0.6 is 0 Å². The van der Waals surface area contributed by atoms with Gasteiger partial charge in [0.2, 0.25) is 10.0 Å². The van der Waals surface area contributed by atoms with E-state index in [1.54, 1.807) is 6.07 Å². The third kappa shape index (κ3) is 5.26. The van der Waals surface area contributed by atoms with Gasteiger partial charge in [-0.25, -0.2) is 13.1 Å². The number of amides is 1. The van der Waals surface area contributed by atoms with Crippen LogP contribution in [0.2, 0.25) is 0 Å². The summed E-state index contributed by atoms with van der Waals surface area (Å²) in [5, 5.41) is 0. The monoisotopic (exact) mass is 408 g/mol. The fraction of sp³-hybridized carbons (Fsp3) is 0.667. The summed E-state index contributed by atoms with van der Waals surface area (Å²) >= 11 is 0. The molecule has 0 atom stereocenters. The highest BCUT2D eigenvalue weighted by atomic mass is 32.2. The minimum Gasteiger partial charge on any atom is -0.496 e. The number of sulfonamides is 1. The van der Waals surface area contributed by atoms with E-state index in [0.29, 0.717) is 24.4 Å². The van der Waals surface area contributed by atoms with Gasteiger partial charge < -0.3 is 9.64 Å². The van der Waals surface area contributed by atoms with Crippen LogP contribution in [0, 0.1) is 0 Å². The number of hydrogen-bond donors (Lipinski definition) is 1. The standard InChI is InChI=1S/C21H32N2O4S/c1-27-20-13-12-18(28(25,26)22-17-10-6-2-3-7-11-17)16-19(20)21(24)23-14-8-4-5-9-15-23/h12-13,16-17,22H,2-11,14-15H2,1H3. The van der Waals surface area contributed by atoms with Crippen LogP contribution < -0.4 is 9.46 Å². The van der Waals surface area contributed by atoms with Gasteiger partial charge in [-0.3, -0.25) is 4.79 Å². The Balaban J connectivity index is 1.83. The van der Waals surface area contributed by atoms with E-state index in [-0.39, 0.29) is 16.8 Å². The molecule has 7 heteroatoms. The van der Waals surface area contributed by atoms with Crippen molar-refractivity contribution < 1.29 is 17.9 Å². The average molecular weight is 409 g/mol. The van der Waals surface area contributed by atoms with E-state index in [1.165, 1.54) is 19.2 Å². The number of rotatable bonds is 5. The van der Waals surface area contributed by atoms with Crippen molar-refractivity contribution in [3.05, 3.63) is 23.8 Å². The van der Waals surface area contributed by atoms with Gasteiger partial charge in [0.05, 0.1) is 17.6 Å². The molecule has 1 N–H and O–H groups in total. The van der Waals surface area contributed by atoms with Crippen molar-refractivity contribution in [3.8, 4) is 5.75 Å². The molecule has 156 valence electrons. The number of nitrogens with one attached hydrogen (secondary N) is 1. The highest BCUT2D eigenvalue weighted by Gasteiger charge is 2.26. The zero-order chi connectivity index (χ0) is 20.0. The van der Waals surface area contributed by atoms with Crippen LogP contribution in [-0.2, 0) is 10.0 Å². The van der Waals surface area contributed by atoms with Gasteiger partial charge in [-0.05, 0) is 43.9 Å². The van der Waals surface area contributed by atoms with E-state index in [4.69, 9.17) is 4.74 Å².